The molecular weight excluding hydrogens is 374 g/mol. The summed E-state index contributed by atoms with van der Waals surface area (Å²) in [6.45, 7) is 6.54. The number of hydrogen-bond donors (Lipinski definition) is 0. The zero-order valence-corrected chi connectivity index (χ0v) is 17.8. The first-order chi connectivity index (χ1) is 14.7. The van der Waals surface area contributed by atoms with Gasteiger partial charge in [-0.25, -0.2) is 0 Å². The van der Waals surface area contributed by atoms with Gasteiger partial charge in [0.2, 0.25) is 5.91 Å². The number of likely N-dealkylation sites (N-methyl/N-ethyl adjacent to an activating group) is 1. The van der Waals surface area contributed by atoms with Gasteiger partial charge in [-0.05, 0) is 43.1 Å². The van der Waals surface area contributed by atoms with Gasteiger partial charge < -0.3 is 9.80 Å². The lowest BCUT2D eigenvalue weighted by molar-refractivity contribution is -0.135. The average Bonchev–Trinajstić information content (AvgIpc) is 2.99. The van der Waals surface area contributed by atoms with Crippen molar-refractivity contribution in [2.24, 2.45) is 0 Å². The molecule has 0 bridgehead atoms. The molecule has 0 saturated carbocycles. The number of carbonyl (C=O) groups is 1. The molecule has 0 aliphatic carbocycles. The van der Waals surface area contributed by atoms with Gasteiger partial charge in [-0.2, -0.15) is 0 Å². The summed E-state index contributed by atoms with van der Waals surface area (Å²) in [4.78, 5) is 27.3. The molecule has 3 aliphatic heterocycles. The highest BCUT2D eigenvalue weighted by atomic mass is 16.2. The number of hydrogen-bond acceptors (Lipinski definition) is 5. The Bertz CT molecular complexity index is 866. The van der Waals surface area contributed by atoms with E-state index in [0.29, 0.717) is 12.5 Å². The highest BCUT2D eigenvalue weighted by molar-refractivity contribution is 5.85. The van der Waals surface area contributed by atoms with E-state index < -0.39 is 0 Å². The maximum atomic E-state index is 13.6. The van der Waals surface area contributed by atoms with E-state index >= 15 is 0 Å². The molecule has 1 amide bonds. The van der Waals surface area contributed by atoms with E-state index in [-0.39, 0.29) is 11.7 Å². The van der Waals surface area contributed by atoms with Crippen molar-refractivity contribution in [1.29, 1.82) is 0 Å². The van der Waals surface area contributed by atoms with E-state index in [4.69, 9.17) is 0 Å². The Morgan fingerprint density at radius 3 is 2.37 bits per heavy atom. The van der Waals surface area contributed by atoms with Crippen LogP contribution in [0.3, 0.4) is 0 Å². The molecule has 6 heteroatoms. The van der Waals surface area contributed by atoms with Gasteiger partial charge in [0.15, 0.2) is 0 Å². The van der Waals surface area contributed by atoms with Gasteiger partial charge in [-0.3, -0.25) is 19.6 Å². The summed E-state index contributed by atoms with van der Waals surface area (Å²) >= 11 is 0. The van der Waals surface area contributed by atoms with Crippen LogP contribution in [0.1, 0.15) is 24.0 Å². The largest absolute Gasteiger partial charge is 0.318 e. The zero-order valence-electron chi connectivity index (χ0n) is 17.8. The van der Waals surface area contributed by atoms with Gasteiger partial charge in [0.1, 0.15) is 6.04 Å². The molecule has 3 aliphatic rings. The number of amides is 1. The fraction of sp³-hybridized carbons (Fsp3) is 0.500. The first-order valence-corrected chi connectivity index (χ1v) is 11.1. The van der Waals surface area contributed by atoms with Gasteiger partial charge in [-0.15, -0.1) is 0 Å². The summed E-state index contributed by atoms with van der Waals surface area (Å²) in [5, 5.41) is 0. The van der Waals surface area contributed by atoms with Gasteiger partial charge in [0, 0.05) is 58.2 Å². The van der Waals surface area contributed by atoms with Crippen molar-refractivity contribution in [2.75, 3.05) is 39.8 Å². The molecule has 0 unspecified atom stereocenters. The lowest BCUT2D eigenvalue weighted by Crippen LogP contribution is -2.63. The minimum absolute atomic E-state index is 0.000732. The topological polar surface area (TPSA) is 42.9 Å². The molecule has 6 nitrogen and oxygen atoms in total. The molecule has 1 spiro atoms. The van der Waals surface area contributed by atoms with Crippen LogP contribution in [0.2, 0.25) is 0 Å². The number of piperazine rings is 1. The molecule has 5 rings (SSSR count). The van der Waals surface area contributed by atoms with Crippen molar-refractivity contribution in [2.45, 2.75) is 37.6 Å². The third-order valence-corrected chi connectivity index (χ3v) is 7.17. The predicted molar refractivity (Wildman–Crippen MR) is 116 cm³/mol. The predicted octanol–water partition coefficient (Wildman–Crippen LogP) is 2.03. The lowest BCUT2D eigenvalue weighted by atomic mass is 9.92. The van der Waals surface area contributed by atoms with Crippen LogP contribution in [-0.4, -0.2) is 82.0 Å². The molecule has 0 N–H and O–H groups in total. The summed E-state index contributed by atoms with van der Waals surface area (Å²) in [7, 11) is 2.13. The highest BCUT2D eigenvalue weighted by Gasteiger charge is 2.58. The Hall–Kier alpha value is -2.28. The van der Waals surface area contributed by atoms with Crippen molar-refractivity contribution >= 4 is 5.91 Å². The molecule has 158 valence electrons. The first-order valence-electron chi connectivity index (χ1n) is 11.1. The van der Waals surface area contributed by atoms with Crippen molar-refractivity contribution in [3.05, 3.63) is 66.0 Å². The Morgan fingerprint density at radius 1 is 0.933 bits per heavy atom. The summed E-state index contributed by atoms with van der Waals surface area (Å²) in [5.74, 6) is 0.313. The quantitative estimate of drug-likeness (QED) is 0.779. The fourth-order valence-corrected chi connectivity index (χ4v) is 5.53. The Labute approximate surface area is 179 Å². The van der Waals surface area contributed by atoms with E-state index in [0.717, 1.165) is 52.1 Å². The van der Waals surface area contributed by atoms with E-state index in [1.165, 1.54) is 11.1 Å². The van der Waals surface area contributed by atoms with E-state index in [1.54, 1.807) is 0 Å². The number of carbonyl (C=O) groups excluding carboxylic acids is 1. The minimum atomic E-state index is -0.145. The number of benzene rings is 1. The van der Waals surface area contributed by atoms with Crippen LogP contribution in [0.5, 0.6) is 0 Å². The minimum Gasteiger partial charge on any atom is -0.318 e. The smallest absolute Gasteiger partial charge is 0.243 e. The zero-order chi connectivity index (χ0) is 20.6. The van der Waals surface area contributed by atoms with Gasteiger partial charge in [-0.1, -0.05) is 30.3 Å². The van der Waals surface area contributed by atoms with Gasteiger partial charge >= 0.3 is 0 Å². The molecule has 1 aromatic carbocycles. The summed E-state index contributed by atoms with van der Waals surface area (Å²) in [5.41, 5.74) is 2.38. The third-order valence-electron chi connectivity index (χ3n) is 7.17. The normalized spacial score (nSPS) is 25.0. The number of nitrogens with zero attached hydrogens (tertiary/aromatic N) is 5. The lowest BCUT2D eigenvalue weighted by Gasteiger charge is -2.51. The van der Waals surface area contributed by atoms with Crippen LogP contribution in [0.15, 0.2) is 54.9 Å². The maximum Gasteiger partial charge on any atom is 0.243 e. The molecule has 4 heterocycles. The molecule has 3 fully saturated rings. The maximum absolute atomic E-state index is 13.6. The summed E-state index contributed by atoms with van der Waals surface area (Å²) in [6.07, 6.45) is 5.76. The molecule has 1 atom stereocenters. The monoisotopic (exact) mass is 405 g/mol. The van der Waals surface area contributed by atoms with Gasteiger partial charge in [0.25, 0.3) is 0 Å². The number of likely N-dealkylation sites (tertiary alicyclic amines) is 1. The highest BCUT2D eigenvalue weighted by Crippen LogP contribution is 2.42. The molecule has 30 heavy (non-hydrogen) atoms. The SMILES string of the molecule is CN1CCN2[C@H](C1)C(=O)N(Cc1ccccc1)C21CCN(Cc2ccncc2)CC1. The van der Waals surface area contributed by atoms with Crippen molar-refractivity contribution in [1.82, 2.24) is 24.6 Å². The second-order valence-corrected chi connectivity index (χ2v) is 9.00. The number of rotatable bonds is 4. The first kappa shape index (κ1) is 19.7. The molecule has 0 radical (unpaired) electrons. The van der Waals surface area contributed by atoms with Crippen LogP contribution in [0.4, 0.5) is 0 Å². The number of piperidine rings is 1. The molecule has 2 aromatic rings. The Morgan fingerprint density at radius 2 is 1.63 bits per heavy atom. The Kier molecular flexibility index (Phi) is 5.31. The van der Waals surface area contributed by atoms with Crippen LogP contribution < -0.4 is 0 Å². The fourth-order valence-electron chi connectivity index (χ4n) is 5.53. The van der Waals surface area contributed by atoms with Crippen molar-refractivity contribution in [3.8, 4) is 0 Å². The molecular formula is C24H31N5O. The van der Waals surface area contributed by atoms with Crippen LogP contribution in [0, 0.1) is 0 Å². The number of pyridine rings is 1. The third kappa shape index (κ3) is 3.53. The van der Waals surface area contributed by atoms with Gasteiger partial charge in [0.05, 0.1) is 5.66 Å². The standard InChI is InChI=1S/C24H31N5O/c1-26-15-16-28-22(19-26)23(30)29(18-20-5-3-2-4-6-20)24(28)9-13-27(14-10-24)17-21-7-11-25-12-8-21/h2-8,11-12,22H,9-10,13-19H2,1H3/t22-/m1/s1. The Balaban J connectivity index is 1.38. The molecule has 3 saturated heterocycles. The van der Waals surface area contributed by atoms with E-state index in [1.807, 2.05) is 18.5 Å². The van der Waals surface area contributed by atoms with Crippen LogP contribution in [-0.2, 0) is 17.9 Å². The van der Waals surface area contributed by atoms with Crippen molar-refractivity contribution < 1.29 is 4.79 Å². The number of fused-ring (bicyclic) bond motifs is 2. The summed E-state index contributed by atoms with van der Waals surface area (Å²) in [6, 6.07) is 14.7. The second-order valence-electron chi connectivity index (χ2n) is 9.00. The number of aromatic nitrogens is 1. The van der Waals surface area contributed by atoms with Crippen molar-refractivity contribution in [3.63, 3.8) is 0 Å². The van der Waals surface area contributed by atoms with E-state index in [9.17, 15) is 4.79 Å². The van der Waals surface area contributed by atoms with E-state index in [2.05, 4.69) is 68.0 Å². The van der Waals surface area contributed by atoms with Crippen LogP contribution in [0.25, 0.3) is 0 Å². The molecule has 1 aromatic heterocycles. The second kappa shape index (κ2) is 8.10. The van der Waals surface area contributed by atoms with Crippen LogP contribution >= 0.6 is 0 Å². The summed E-state index contributed by atoms with van der Waals surface area (Å²) < 4.78 is 0. The average molecular weight is 406 g/mol.